The lowest BCUT2D eigenvalue weighted by Gasteiger charge is -2.38. The topological polar surface area (TPSA) is 63.4 Å². The van der Waals surface area contributed by atoms with Crippen molar-refractivity contribution in [3.8, 4) is 0 Å². The van der Waals surface area contributed by atoms with Crippen LogP contribution >= 0.6 is 0 Å². The third-order valence-corrected chi connectivity index (χ3v) is 7.13. The molecule has 2 N–H and O–H groups in total. The summed E-state index contributed by atoms with van der Waals surface area (Å²) in [5.41, 5.74) is 8.96. The van der Waals surface area contributed by atoms with Crippen LogP contribution in [0.3, 0.4) is 0 Å². The Kier molecular flexibility index (Phi) is 4.36. The SMILES string of the molecule is Cc1cc(N)c(C)c(S(=O)(=O)N2C(C)CCCC2C)c1C. The first kappa shape index (κ1) is 16.3. The number of aryl methyl sites for hydroxylation is 1. The van der Waals surface area contributed by atoms with Gasteiger partial charge in [-0.3, -0.25) is 0 Å². The molecule has 2 rings (SSSR count). The fourth-order valence-electron chi connectivity index (χ4n) is 3.40. The van der Waals surface area contributed by atoms with E-state index in [4.69, 9.17) is 5.73 Å². The predicted octanol–water partition coefficient (Wildman–Crippen LogP) is 3.15. The van der Waals surface area contributed by atoms with Gasteiger partial charge in [0.25, 0.3) is 0 Å². The first-order valence-corrected chi connectivity index (χ1v) is 9.01. The maximum absolute atomic E-state index is 13.2. The number of rotatable bonds is 2. The minimum absolute atomic E-state index is 0.0410. The third kappa shape index (κ3) is 2.69. The largest absolute Gasteiger partial charge is 0.398 e. The molecule has 0 aromatic heterocycles. The van der Waals surface area contributed by atoms with E-state index in [1.807, 2.05) is 33.8 Å². The van der Waals surface area contributed by atoms with Crippen LogP contribution in [0, 0.1) is 20.8 Å². The van der Waals surface area contributed by atoms with Crippen molar-refractivity contribution in [2.24, 2.45) is 0 Å². The number of nitrogens with zero attached hydrogens (tertiary/aromatic N) is 1. The van der Waals surface area contributed by atoms with Crippen molar-refractivity contribution >= 4 is 15.7 Å². The fourth-order valence-corrected chi connectivity index (χ4v) is 5.83. The molecule has 0 bridgehead atoms. The Labute approximate surface area is 128 Å². The van der Waals surface area contributed by atoms with Crippen molar-refractivity contribution in [2.45, 2.75) is 70.9 Å². The van der Waals surface area contributed by atoms with Crippen molar-refractivity contribution in [3.63, 3.8) is 0 Å². The van der Waals surface area contributed by atoms with Crippen LogP contribution in [0.1, 0.15) is 49.8 Å². The van der Waals surface area contributed by atoms with Gasteiger partial charge in [-0.05, 0) is 70.2 Å². The van der Waals surface area contributed by atoms with Gasteiger partial charge in [-0.15, -0.1) is 0 Å². The molecule has 5 heteroatoms. The van der Waals surface area contributed by atoms with Gasteiger partial charge in [-0.1, -0.05) is 6.42 Å². The van der Waals surface area contributed by atoms with E-state index in [1.54, 1.807) is 11.2 Å². The highest BCUT2D eigenvalue weighted by molar-refractivity contribution is 7.89. The second-order valence-corrected chi connectivity index (χ2v) is 8.11. The normalized spacial score (nSPS) is 24.2. The first-order valence-electron chi connectivity index (χ1n) is 7.57. The lowest BCUT2D eigenvalue weighted by atomic mass is 10.0. The average molecular weight is 310 g/mol. The average Bonchev–Trinajstić information content (AvgIpc) is 2.36. The van der Waals surface area contributed by atoms with Crippen LogP contribution in [0.4, 0.5) is 5.69 Å². The number of anilines is 1. The standard InChI is InChI=1S/C16H26N2O2S/c1-10-9-15(17)14(5)16(13(10)4)21(19,20)18-11(2)7-6-8-12(18)3/h9,11-12H,6-8,17H2,1-5H3. The van der Waals surface area contributed by atoms with Crippen LogP contribution in [-0.4, -0.2) is 24.8 Å². The van der Waals surface area contributed by atoms with Gasteiger partial charge in [-0.2, -0.15) is 4.31 Å². The van der Waals surface area contributed by atoms with Crippen molar-refractivity contribution in [2.75, 3.05) is 5.73 Å². The van der Waals surface area contributed by atoms with Crippen LogP contribution in [0.15, 0.2) is 11.0 Å². The van der Waals surface area contributed by atoms with E-state index in [1.165, 1.54) is 0 Å². The van der Waals surface area contributed by atoms with E-state index in [-0.39, 0.29) is 12.1 Å². The van der Waals surface area contributed by atoms with Crippen molar-refractivity contribution < 1.29 is 8.42 Å². The summed E-state index contributed by atoms with van der Waals surface area (Å²) in [6.45, 7) is 9.57. The molecule has 1 fully saturated rings. The second kappa shape index (κ2) is 5.61. The molecule has 0 radical (unpaired) electrons. The molecular weight excluding hydrogens is 284 g/mol. The van der Waals surface area contributed by atoms with E-state index in [0.717, 1.165) is 30.4 Å². The monoisotopic (exact) mass is 310 g/mol. The molecule has 118 valence electrons. The van der Waals surface area contributed by atoms with E-state index in [2.05, 4.69) is 0 Å². The summed E-state index contributed by atoms with van der Waals surface area (Å²) < 4.78 is 28.1. The molecule has 1 heterocycles. The van der Waals surface area contributed by atoms with Gasteiger partial charge in [0.15, 0.2) is 0 Å². The molecular formula is C16H26N2O2S. The lowest BCUT2D eigenvalue weighted by molar-refractivity contribution is 0.204. The third-order valence-electron chi connectivity index (χ3n) is 4.73. The van der Waals surface area contributed by atoms with E-state index in [0.29, 0.717) is 16.1 Å². The minimum atomic E-state index is -3.51. The molecule has 2 unspecified atom stereocenters. The van der Waals surface area contributed by atoms with Crippen LogP contribution in [0.2, 0.25) is 0 Å². The summed E-state index contributed by atoms with van der Waals surface area (Å²) in [7, 11) is -3.51. The Morgan fingerprint density at radius 1 is 1.10 bits per heavy atom. The molecule has 0 saturated carbocycles. The minimum Gasteiger partial charge on any atom is -0.398 e. The first-order chi connectivity index (χ1) is 9.67. The summed E-state index contributed by atoms with van der Waals surface area (Å²) in [5.74, 6) is 0. The number of piperidine rings is 1. The zero-order valence-corrected chi connectivity index (χ0v) is 14.4. The van der Waals surface area contributed by atoms with Gasteiger partial charge in [0.1, 0.15) is 0 Å². The van der Waals surface area contributed by atoms with Crippen LogP contribution in [-0.2, 0) is 10.0 Å². The number of sulfonamides is 1. The van der Waals surface area contributed by atoms with E-state index < -0.39 is 10.0 Å². The second-order valence-electron chi connectivity index (χ2n) is 6.33. The van der Waals surface area contributed by atoms with Crippen molar-refractivity contribution in [1.82, 2.24) is 4.31 Å². The highest BCUT2D eigenvalue weighted by Crippen LogP contribution is 2.35. The Hall–Kier alpha value is -1.07. The van der Waals surface area contributed by atoms with Gasteiger partial charge >= 0.3 is 0 Å². The summed E-state index contributed by atoms with van der Waals surface area (Å²) in [6, 6.07) is 1.94. The highest BCUT2D eigenvalue weighted by atomic mass is 32.2. The van der Waals surface area contributed by atoms with E-state index in [9.17, 15) is 8.42 Å². The molecule has 0 aliphatic carbocycles. The zero-order valence-electron chi connectivity index (χ0n) is 13.6. The molecule has 1 aliphatic rings. The Morgan fingerprint density at radius 3 is 2.14 bits per heavy atom. The van der Waals surface area contributed by atoms with Crippen LogP contribution < -0.4 is 5.73 Å². The summed E-state index contributed by atoms with van der Waals surface area (Å²) in [6.07, 6.45) is 2.92. The maximum Gasteiger partial charge on any atom is 0.244 e. The molecule has 1 aliphatic heterocycles. The predicted molar refractivity (Wildman–Crippen MR) is 86.9 cm³/mol. The summed E-state index contributed by atoms with van der Waals surface area (Å²) in [5, 5.41) is 0. The number of benzene rings is 1. The maximum atomic E-state index is 13.2. The molecule has 1 aromatic carbocycles. The van der Waals surface area contributed by atoms with Gasteiger partial charge in [0, 0.05) is 17.8 Å². The lowest BCUT2D eigenvalue weighted by Crippen LogP contribution is -2.47. The smallest absolute Gasteiger partial charge is 0.244 e. The van der Waals surface area contributed by atoms with Gasteiger partial charge in [0.05, 0.1) is 4.90 Å². The van der Waals surface area contributed by atoms with Gasteiger partial charge < -0.3 is 5.73 Å². The molecule has 1 saturated heterocycles. The van der Waals surface area contributed by atoms with Gasteiger partial charge in [-0.25, -0.2) is 8.42 Å². The van der Waals surface area contributed by atoms with Crippen LogP contribution in [0.25, 0.3) is 0 Å². The number of hydrogen-bond donors (Lipinski definition) is 1. The molecule has 0 amide bonds. The van der Waals surface area contributed by atoms with E-state index >= 15 is 0 Å². The molecule has 4 nitrogen and oxygen atoms in total. The highest BCUT2D eigenvalue weighted by Gasteiger charge is 2.37. The quantitative estimate of drug-likeness (QED) is 0.854. The number of hydrogen-bond acceptors (Lipinski definition) is 3. The molecule has 0 spiro atoms. The number of nitrogens with two attached hydrogens (primary N) is 1. The molecule has 21 heavy (non-hydrogen) atoms. The Bertz CT molecular complexity index is 616. The fraction of sp³-hybridized carbons (Fsp3) is 0.625. The van der Waals surface area contributed by atoms with Crippen molar-refractivity contribution in [3.05, 3.63) is 22.8 Å². The molecule has 2 atom stereocenters. The summed E-state index contributed by atoms with van der Waals surface area (Å²) in [4.78, 5) is 0.403. The van der Waals surface area contributed by atoms with Crippen molar-refractivity contribution in [1.29, 1.82) is 0 Å². The molecule has 1 aromatic rings. The summed E-state index contributed by atoms with van der Waals surface area (Å²) >= 11 is 0. The Morgan fingerprint density at radius 2 is 1.62 bits per heavy atom. The van der Waals surface area contributed by atoms with Crippen LogP contribution in [0.5, 0.6) is 0 Å². The Balaban J connectivity index is 2.64. The number of nitrogen functional groups attached to an aromatic ring is 1. The van der Waals surface area contributed by atoms with Gasteiger partial charge in [0.2, 0.25) is 10.0 Å². The zero-order chi connectivity index (χ0) is 15.9.